The summed E-state index contributed by atoms with van der Waals surface area (Å²) < 4.78 is 10.4. The molecule has 4 heteroatoms. The van der Waals surface area contributed by atoms with Gasteiger partial charge in [-0.25, -0.2) is 0 Å². The van der Waals surface area contributed by atoms with Gasteiger partial charge in [-0.3, -0.25) is 0 Å². The zero-order chi connectivity index (χ0) is 12.0. The van der Waals surface area contributed by atoms with Crippen LogP contribution in [0, 0.1) is 0 Å². The van der Waals surface area contributed by atoms with Crippen LogP contribution in [-0.4, -0.2) is 26.9 Å². The highest BCUT2D eigenvalue weighted by Crippen LogP contribution is 2.25. The summed E-state index contributed by atoms with van der Waals surface area (Å²) in [5.74, 6) is 0.810. The van der Waals surface area contributed by atoms with E-state index in [1.54, 1.807) is 14.2 Å². The molecule has 0 saturated heterocycles. The van der Waals surface area contributed by atoms with Gasteiger partial charge in [0.2, 0.25) is 0 Å². The van der Waals surface area contributed by atoms with Crippen LogP contribution in [0.25, 0.3) is 0 Å². The van der Waals surface area contributed by atoms with Crippen molar-refractivity contribution in [1.82, 2.24) is 5.32 Å². The Kier molecular flexibility index (Phi) is 5.60. The second kappa shape index (κ2) is 6.74. The predicted molar refractivity (Wildman–Crippen MR) is 66.2 cm³/mol. The number of ether oxygens (including phenoxy) is 2. The summed E-state index contributed by atoms with van der Waals surface area (Å²) in [6.45, 7) is 3.47. The first-order chi connectivity index (χ1) is 7.69. The van der Waals surface area contributed by atoms with Crippen LogP contribution in [0.3, 0.4) is 0 Å². The van der Waals surface area contributed by atoms with E-state index in [-0.39, 0.29) is 6.10 Å². The van der Waals surface area contributed by atoms with Gasteiger partial charge in [0, 0.05) is 30.8 Å². The molecule has 0 amide bonds. The minimum absolute atomic E-state index is 0.188. The molecule has 1 aromatic rings. The topological polar surface area (TPSA) is 30.5 Å². The highest BCUT2D eigenvalue weighted by Gasteiger charge is 2.07. The van der Waals surface area contributed by atoms with Crippen LogP contribution in [0.1, 0.15) is 12.5 Å². The van der Waals surface area contributed by atoms with Gasteiger partial charge < -0.3 is 14.8 Å². The summed E-state index contributed by atoms with van der Waals surface area (Å²) in [4.78, 5) is 0. The van der Waals surface area contributed by atoms with Crippen LogP contribution < -0.4 is 10.1 Å². The zero-order valence-electron chi connectivity index (χ0n) is 9.92. The minimum atomic E-state index is 0.188. The van der Waals surface area contributed by atoms with Gasteiger partial charge in [0.1, 0.15) is 5.75 Å². The lowest BCUT2D eigenvalue weighted by atomic mass is 10.2. The van der Waals surface area contributed by atoms with Gasteiger partial charge >= 0.3 is 0 Å². The maximum atomic E-state index is 6.11. The molecule has 0 spiro atoms. The fraction of sp³-hybridized carbons (Fsp3) is 0.500. The normalized spacial score (nSPS) is 12.5. The molecule has 0 aliphatic heterocycles. The van der Waals surface area contributed by atoms with Crippen molar-refractivity contribution in [3.05, 3.63) is 28.8 Å². The largest absolute Gasteiger partial charge is 0.496 e. The first-order valence-electron chi connectivity index (χ1n) is 5.24. The summed E-state index contributed by atoms with van der Waals surface area (Å²) >= 11 is 6.11. The molecule has 0 aromatic heterocycles. The third-order valence-corrected chi connectivity index (χ3v) is 2.79. The van der Waals surface area contributed by atoms with Gasteiger partial charge in [-0.2, -0.15) is 0 Å². The summed E-state index contributed by atoms with van der Waals surface area (Å²) in [6.07, 6.45) is 0.188. The van der Waals surface area contributed by atoms with E-state index in [4.69, 9.17) is 21.1 Å². The summed E-state index contributed by atoms with van der Waals surface area (Å²) in [6, 6.07) is 5.64. The molecule has 90 valence electrons. The van der Waals surface area contributed by atoms with Gasteiger partial charge in [-0.1, -0.05) is 17.7 Å². The van der Waals surface area contributed by atoms with Crippen molar-refractivity contribution in [3.63, 3.8) is 0 Å². The molecular weight excluding hydrogens is 226 g/mol. The fourth-order valence-corrected chi connectivity index (χ4v) is 1.62. The number of halogens is 1. The van der Waals surface area contributed by atoms with Gasteiger partial charge in [0.05, 0.1) is 13.2 Å². The zero-order valence-corrected chi connectivity index (χ0v) is 10.7. The lowest BCUT2D eigenvalue weighted by Crippen LogP contribution is -2.25. The second-order valence-corrected chi connectivity index (χ2v) is 4.01. The number of hydrogen-bond donors (Lipinski definition) is 1. The third kappa shape index (κ3) is 3.67. The molecule has 0 aliphatic rings. The first-order valence-corrected chi connectivity index (χ1v) is 5.61. The summed E-state index contributed by atoms with van der Waals surface area (Å²) in [7, 11) is 3.34. The van der Waals surface area contributed by atoms with E-state index in [2.05, 4.69) is 5.32 Å². The van der Waals surface area contributed by atoms with Crippen LogP contribution in [-0.2, 0) is 11.3 Å². The van der Waals surface area contributed by atoms with Crippen LogP contribution in [0.4, 0.5) is 0 Å². The van der Waals surface area contributed by atoms with E-state index in [9.17, 15) is 0 Å². The van der Waals surface area contributed by atoms with E-state index in [0.29, 0.717) is 6.54 Å². The molecule has 0 saturated carbocycles. The Balaban J connectivity index is 2.59. The van der Waals surface area contributed by atoms with Crippen LogP contribution in [0.15, 0.2) is 18.2 Å². The molecule has 1 N–H and O–H groups in total. The Hall–Kier alpha value is -0.770. The van der Waals surface area contributed by atoms with Crippen LogP contribution in [0.2, 0.25) is 5.02 Å². The molecule has 3 nitrogen and oxygen atoms in total. The lowest BCUT2D eigenvalue weighted by molar-refractivity contribution is 0.117. The van der Waals surface area contributed by atoms with Gasteiger partial charge in [0.25, 0.3) is 0 Å². The first kappa shape index (κ1) is 13.3. The van der Waals surface area contributed by atoms with Crippen molar-refractivity contribution in [3.8, 4) is 5.75 Å². The average Bonchev–Trinajstić information content (AvgIpc) is 2.30. The molecule has 0 fully saturated rings. The monoisotopic (exact) mass is 243 g/mol. The highest BCUT2D eigenvalue weighted by atomic mass is 35.5. The maximum Gasteiger partial charge on any atom is 0.124 e. The molecule has 1 aromatic carbocycles. The van der Waals surface area contributed by atoms with Crippen LogP contribution in [0.5, 0.6) is 5.75 Å². The van der Waals surface area contributed by atoms with Gasteiger partial charge in [-0.15, -0.1) is 0 Å². The summed E-state index contributed by atoms with van der Waals surface area (Å²) in [5.41, 5.74) is 0.981. The third-order valence-electron chi connectivity index (χ3n) is 2.43. The molecule has 16 heavy (non-hydrogen) atoms. The standard InChI is InChI=1S/C12H18ClNO2/c1-9(15-2)7-14-8-10-11(13)5-4-6-12(10)16-3/h4-6,9,14H,7-8H2,1-3H3. The van der Waals surface area contributed by atoms with Crippen molar-refractivity contribution in [2.75, 3.05) is 20.8 Å². The van der Waals surface area contributed by atoms with Crippen molar-refractivity contribution < 1.29 is 9.47 Å². The van der Waals surface area contributed by atoms with Crippen molar-refractivity contribution >= 4 is 11.6 Å². The van der Waals surface area contributed by atoms with Gasteiger partial charge in [-0.05, 0) is 19.1 Å². The molecule has 0 radical (unpaired) electrons. The van der Waals surface area contributed by atoms with E-state index < -0.39 is 0 Å². The Morgan fingerprint density at radius 2 is 2.12 bits per heavy atom. The van der Waals surface area contributed by atoms with Crippen LogP contribution >= 0.6 is 11.6 Å². The number of rotatable bonds is 6. The molecule has 0 heterocycles. The quantitative estimate of drug-likeness (QED) is 0.833. The SMILES string of the molecule is COc1cccc(Cl)c1CNCC(C)OC. The van der Waals surface area contributed by atoms with Crippen molar-refractivity contribution in [2.45, 2.75) is 19.6 Å². The lowest BCUT2D eigenvalue weighted by Gasteiger charge is -2.13. The predicted octanol–water partition coefficient (Wildman–Crippen LogP) is 2.47. The Labute approximate surface area is 102 Å². The van der Waals surface area contributed by atoms with Crippen molar-refractivity contribution in [2.24, 2.45) is 0 Å². The number of benzene rings is 1. The number of nitrogens with one attached hydrogen (secondary N) is 1. The highest BCUT2D eigenvalue weighted by molar-refractivity contribution is 6.31. The van der Waals surface area contributed by atoms with E-state index in [1.807, 2.05) is 25.1 Å². The molecule has 0 bridgehead atoms. The molecule has 1 unspecified atom stereocenters. The smallest absolute Gasteiger partial charge is 0.124 e. The van der Waals surface area contributed by atoms with E-state index in [1.165, 1.54) is 0 Å². The second-order valence-electron chi connectivity index (χ2n) is 3.60. The van der Waals surface area contributed by atoms with E-state index >= 15 is 0 Å². The summed E-state index contributed by atoms with van der Waals surface area (Å²) in [5, 5.41) is 4.00. The Morgan fingerprint density at radius 1 is 1.38 bits per heavy atom. The average molecular weight is 244 g/mol. The molecule has 0 aliphatic carbocycles. The fourth-order valence-electron chi connectivity index (χ4n) is 1.39. The Morgan fingerprint density at radius 3 is 2.75 bits per heavy atom. The number of hydrogen-bond acceptors (Lipinski definition) is 3. The minimum Gasteiger partial charge on any atom is -0.496 e. The number of methoxy groups -OCH3 is 2. The van der Waals surface area contributed by atoms with Gasteiger partial charge in [0.15, 0.2) is 0 Å². The van der Waals surface area contributed by atoms with E-state index in [0.717, 1.165) is 22.9 Å². The molecule has 1 atom stereocenters. The Bertz CT molecular complexity index is 331. The maximum absolute atomic E-state index is 6.11. The molecular formula is C12H18ClNO2. The van der Waals surface area contributed by atoms with Crippen molar-refractivity contribution in [1.29, 1.82) is 0 Å². The molecule has 1 rings (SSSR count).